The summed E-state index contributed by atoms with van der Waals surface area (Å²) in [6, 6.07) is 0.303. The van der Waals surface area contributed by atoms with Crippen LogP contribution in [0.2, 0.25) is 0 Å². The van der Waals surface area contributed by atoms with Crippen molar-refractivity contribution in [2.45, 2.75) is 52.5 Å². The van der Waals surface area contributed by atoms with Crippen molar-refractivity contribution in [1.29, 1.82) is 0 Å². The largest absolute Gasteiger partial charge is 0.338 e. The molecule has 0 saturated carbocycles. The van der Waals surface area contributed by atoms with Gasteiger partial charge in [-0.1, -0.05) is 27.2 Å². The van der Waals surface area contributed by atoms with E-state index in [1.165, 1.54) is 0 Å². The van der Waals surface area contributed by atoms with Crippen molar-refractivity contribution in [3.63, 3.8) is 0 Å². The lowest BCUT2D eigenvalue weighted by atomic mass is 9.89. The van der Waals surface area contributed by atoms with Gasteiger partial charge in [0.05, 0.1) is 0 Å². The second-order valence-electron chi connectivity index (χ2n) is 5.24. The Morgan fingerprint density at radius 3 is 2.59 bits per heavy atom. The zero-order valence-electron chi connectivity index (χ0n) is 11.3. The number of hydrogen-bond acceptors (Lipinski definition) is 2. The Kier molecular flexibility index (Phi) is 7.80. The summed E-state index contributed by atoms with van der Waals surface area (Å²) in [6.07, 6.45) is 3.99. The van der Waals surface area contributed by atoms with Crippen LogP contribution in [-0.2, 0) is 4.79 Å². The van der Waals surface area contributed by atoms with Crippen LogP contribution in [0.4, 0.5) is 0 Å². The fourth-order valence-electron chi connectivity index (χ4n) is 2.60. The molecular weight excluding hydrogens is 236 g/mol. The summed E-state index contributed by atoms with van der Waals surface area (Å²) < 4.78 is 0. The van der Waals surface area contributed by atoms with Gasteiger partial charge in [0, 0.05) is 25.6 Å². The molecule has 1 rings (SSSR count). The molecule has 2 N–H and O–H groups in total. The van der Waals surface area contributed by atoms with Crippen LogP contribution < -0.4 is 5.73 Å². The molecule has 1 amide bonds. The molecule has 2 atom stereocenters. The summed E-state index contributed by atoms with van der Waals surface area (Å²) in [5.74, 6) is 1.42. The van der Waals surface area contributed by atoms with Gasteiger partial charge in [0.25, 0.3) is 0 Å². The lowest BCUT2D eigenvalue weighted by Crippen LogP contribution is -2.40. The minimum Gasteiger partial charge on any atom is -0.338 e. The molecule has 0 radical (unpaired) electrons. The van der Waals surface area contributed by atoms with Crippen molar-refractivity contribution in [2.24, 2.45) is 17.6 Å². The van der Waals surface area contributed by atoms with Crippen LogP contribution in [0.25, 0.3) is 0 Å². The number of rotatable bonds is 5. The maximum absolute atomic E-state index is 12.2. The van der Waals surface area contributed by atoms with Gasteiger partial charge in [-0.15, -0.1) is 12.4 Å². The Labute approximate surface area is 112 Å². The molecule has 0 spiro atoms. The van der Waals surface area contributed by atoms with E-state index >= 15 is 0 Å². The third-order valence-electron chi connectivity index (χ3n) is 3.87. The number of carbonyl (C=O) groups excluding carboxylic acids is 1. The molecule has 1 aliphatic heterocycles. The molecule has 0 bridgehead atoms. The van der Waals surface area contributed by atoms with Crippen LogP contribution in [-0.4, -0.2) is 29.9 Å². The Morgan fingerprint density at radius 1 is 1.47 bits per heavy atom. The number of amides is 1. The maximum Gasteiger partial charge on any atom is 0.223 e. The van der Waals surface area contributed by atoms with E-state index in [1.54, 1.807) is 0 Å². The predicted molar refractivity (Wildman–Crippen MR) is 74.3 cm³/mol. The number of nitrogens with zero attached hydrogens (tertiary/aromatic N) is 1. The molecule has 0 aromatic rings. The third kappa shape index (κ3) is 4.47. The lowest BCUT2D eigenvalue weighted by Gasteiger charge is -2.27. The first kappa shape index (κ1) is 16.7. The number of hydrogen-bond donors (Lipinski definition) is 1. The van der Waals surface area contributed by atoms with E-state index in [-0.39, 0.29) is 12.4 Å². The van der Waals surface area contributed by atoms with Crippen molar-refractivity contribution in [1.82, 2.24) is 4.90 Å². The van der Waals surface area contributed by atoms with E-state index in [2.05, 4.69) is 20.8 Å². The van der Waals surface area contributed by atoms with Gasteiger partial charge in [-0.2, -0.15) is 0 Å². The first-order valence-corrected chi connectivity index (χ1v) is 6.59. The fourth-order valence-corrected chi connectivity index (χ4v) is 2.60. The first-order chi connectivity index (χ1) is 7.60. The molecule has 2 unspecified atom stereocenters. The molecule has 17 heavy (non-hydrogen) atoms. The third-order valence-corrected chi connectivity index (χ3v) is 3.87. The highest BCUT2D eigenvalue weighted by Gasteiger charge is 2.29. The average molecular weight is 263 g/mol. The topological polar surface area (TPSA) is 46.3 Å². The highest BCUT2D eigenvalue weighted by Crippen LogP contribution is 2.23. The zero-order chi connectivity index (χ0) is 12.1. The highest BCUT2D eigenvalue weighted by molar-refractivity contribution is 5.85. The SMILES string of the molecule is CCC(CC(=O)N1CCCC1CN)C(C)C.Cl. The van der Waals surface area contributed by atoms with Crippen molar-refractivity contribution < 1.29 is 4.79 Å². The lowest BCUT2D eigenvalue weighted by molar-refractivity contribution is -0.133. The minimum absolute atomic E-state index is 0. The van der Waals surface area contributed by atoms with Crippen LogP contribution in [0, 0.1) is 11.8 Å². The molecule has 0 aromatic carbocycles. The molecule has 4 heteroatoms. The molecule has 1 saturated heterocycles. The van der Waals surface area contributed by atoms with E-state index in [4.69, 9.17) is 5.73 Å². The summed E-state index contributed by atoms with van der Waals surface area (Å²) in [7, 11) is 0. The number of likely N-dealkylation sites (tertiary alicyclic amines) is 1. The van der Waals surface area contributed by atoms with Gasteiger partial charge in [0.15, 0.2) is 0 Å². The van der Waals surface area contributed by atoms with E-state index in [9.17, 15) is 4.79 Å². The highest BCUT2D eigenvalue weighted by atomic mass is 35.5. The van der Waals surface area contributed by atoms with E-state index in [1.807, 2.05) is 4.90 Å². The van der Waals surface area contributed by atoms with Crippen LogP contribution in [0.5, 0.6) is 0 Å². The van der Waals surface area contributed by atoms with Crippen LogP contribution in [0.15, 0.2) is 0 Å². The number of nitrogens with two attached hydrogens (primary N) is 1. The number of carbonyl (C=O) groups is 1. The standard InChI is InChI=1S/C13H26N2O.ClH/c1-4-11(10(2)3)8-13(16)15-7-5-6-12(15)9-14;/h10-12H,4-9,14H2,1-3H3;1H. The molecule has 3 nitrogen and oxygen atoms in total. The quantitative estimate of drug-likeness (QED) is 0.827. The molecule has 1 aliphatic rings. The van der Waals surface area contributed by atoms with Crippen LogP contribution in [0.1, 0.15) is 46.5 Å². The van der Waals surface area contributed by atoms with E-state index in [0.29, 0.717) is 36.8 Å². The van der Waals surface area contributed by atoms with Crippen LogP contribution >= 0.6 is 12.4 Å². The van der Waals surface area contributed by atoms with Gasteiger partial charge < -0.3 is 10.6 Å². The summed E-state index contributed by atoms with van der Waals surface area (Å²) >= 11 is 0. The van der Waals surface area contributed by atoms with Gasteiger partial charge >= 0.3 is 0 Å². The molecule has 1 fully saturated rings. The summed E-state index contributed by atoms with van der Waals surface area (Å²) in [4.78, 5) is 14.2. The maximum atomic E-state index is 12.2. The van der Waals surface area contributed by atoms with Gasteiger partial charge in [0.1, 0.15) is 0 Å². The monoisotopic (exact) mass is 262 g/mol. The number of halogens is 1. The van der Waals surface area contributed by atoms with Crippen molar-refractivity contribution >= 4 is 18.3 Å². The smallest absolute Gasteiger partial charge is 0.223 e. The Bertz CT molecular complexity index is 233. The second kappa shape index (κ2) is 7.93. The van der Waals surface area contributed by atoms with Crippen molar-refractivity contribution in [2.75, 3.05) is 13.1 Å². The minimum atomic E-state index is 0. The molecule has 1 heterocycles. The fraction of sp³-hybridized carbons (Fsp3) is 0.923. The molecule has 0 aliphatic carbocycles. The zero-order valence-corrected chi connectivity index (χ0v) is 12.1. The van der Waals surface area contributed by atoms with Gasteiger partial charge in [-0.05, 0) is 24.7 Å². The van der Waals surface area contributed by atoms with Crippen molar-refractivity contribution in [3.8, 4) is 0 Å². The summed E-state index contributed by atoms with van der Waals surface area (Å²) in [5.41, 5.74) is 5.69. The van der Waals surface area contributed by atoms with Gasteiger partial charge in [-0.3, -0.25) is 4.79 Å². The molecular formula is C13H27ClN2O. The van der Waals surface area contributed by atoms with Crippen LogP contribution in [0.3, 0.4) is 0 Å². The van der Waals surface area contributed by atoms with Crippen molar-refractivity contribution in [3.05, 3.63) is 0 Å². The van der Waals surface area contributed by atoms with E-state index in [0.717, 1.165) is 25.8 Å². The molecule has 0 aromatic heterocycles. The van der Waals surface area contributed by atoms with Gasteiger partial charge in [0.2, 0.25) is 5.91 Å². The Balaban J connectivity index is 0.00000256. The normalized spacial score (nSPS) is 21.5. The Hall–Kier alpha value is -0.280. The van der Waals surface area contributed by atoms with Gasteiger partial charge in [-0.25, -0.2) is 0 Å². The second-order valence-corrected chi connectivity index (χ2v) is 5.24. The predicted octanol–water partition coefficient (Wildman–Crippen LogP) is 2.43. The van der Waals surface area contributed by atoms with E-state index < -0.39 is 0 Å². The molecule has 102 valence electrons. The Morgan fingerprint density at radius 2 is 2.12 bits per heavy atom. The summed E-state index contributed by atoms with van der Waals surface area (Å²) in [5, 5.41) is 0. The average Bonchev–Trinajstić information content (AvgIpc) is 2.72. The summed E-state index contributed by atoms with van der Waals surface area (Å²) in [6.45, 7) is 8.10. The first-order valence-electron chi connectivity index (χ1n) is 6.59.